The van der Waals surface area contributed by atoms with Crippen LogP contribution in [-0.4, -0.2) is 17.7 Å². The van der Waals surface area contributed by atoms with Crippen LogP contribution in [0.5, 0.6) is 5.75 Å². The highest BCUT2D eigenvalue weighted by molar-refractivity contribution is 5.79. The van der Waals surface area contributed by atoms with Gasteiger partial charge in [-0.3, -0.25) is 0 Å². The Hall–Kier alpha value is -1.77. The Morgan fingerprint density at radius 3 is 2.87 bits per heavy atom. The Morgan fingerprint density at radius 1 is 1.47 bits per heavy atom. The number of hydrogen-bond donors (Lipinski definition) is 1. The third-order valence-corrected chi connectivity index (χ3v) is 1.95. The molecule has 3 heteroatoms. The summed E-state index contributed by atoms with van der Waals surface area (Å²) in [6, 6.07) is 7.73. The lowest BCUT2D eigenvalue weighted by Gasteiger charge is -2.07. The highest BCUT2D eigenvalue weighted by Gasteiger charge is 1.98. The lowest BCUT2D eigenvalue weighted by atomic mass is 10.1. The van der Waals surface area contributed by atoms with Crippen LogP contribution in [0.3, 0.4) is 0 Å². The van der Waals surface area contributed by atoms with Crippen LogP contribution in [0.4, 0.5) is 0 Å². The molecule has 0 aliphatic rings. The highest BCUT2D eigenvalue weighted by atomic mass is 16.5. The minimum atomic E-state index is -0.956. The summed E-state index contributed by atoms with van der Waals surface area (Å²) in [5.41, 5.74) is 1.13. The molecule has 0 unspecified atom stereocenters. The minimum Gasteiger partial charge on any atom is -0.489 e. The van der Waals surface area contributed by atoms with Gasteiger partial charge in [-0.05, 0) is 24.1 Å². The van der Waals surface area contributed by atoms with Gasteiger partial charge in [-0.2, -0.15) is 0 Å². The van der Waals surface area contributed by atoms with Crippen LogP contribution in [0.2, 0.25) is 0 Å². The van der Waals surface area contributed by atoms with E-state index in [4.69, 9.17) is 9.84 Å². The number of carboxylic acid groups (broad SMARTS) is 1. The number of aryl methyl sites for hydroxylation is 1. The molecule has 3 nitrogen and oxygen atoms in total. The normalized spacial score (nSPS) is 10.5. The first-order chi connectivity index (χ1) is 7.24. The molecule has 0 atom stereocenters. The molecule has 0 spiro atoms. The second kappa shape index (κ2) is 5.86. The summed E-state index contributed by atoms with van der Waals surface area (Å²) in [6.07, 6.45) is 3.46. The molecular weight excluding hydrogens is 192 g/mol. The SMILES string of the molecule is CCc1ccccc1OC/C=C/C(=O)O. The Morgan fingerprint density at radius 2 is 2.20 bits per heavy atom. The van der Waals surface area contributed by atoms with Crippen LogP contribution in [0, 0.1) is 0 Å². The van der Waals surface area contributed by atoms with Crippen molar-refractivity contribution in [3.05, 3.63) is 42.0 Å². The third kappa shape index (κ3) is 3.85. The van der Waals surface area contributed by atoms with Gasteiger partial charge in [-0.25, -0.2) is 4.79 Å². The molecule has 0 amide bonds. The van der Waals surface area contributed by atoms with Crippen LogP contribution in [0.15, 0.2) is 36.4 Å². The number of benzene rings is 1. The van der Waals surface area contributed by atoms with Crippen molar-refractivity contribution in [3.63, 3.8) is 0 Å². The monoisotopic (exact) mass is 206 g/mol. The maximum atomic E-state index is 10.2. The van der Waals surface area contributed by atoms with E-state index in [1.54, 1.807) is 0 Å². The van der Waals surface area contributed by atoms with Gasteiger partial charge in [0.2, 0.25) is 0 Å². The molecule has 1 rings (SSSR count). The maximum Gasteiger partial charge on any atom is 0.328 e. The number of hydrogen-bond acceptors (Lipinski definition) is 2. The molecule has 0 bridgehead atoms. The van der Waals surface area contributed by atoms with Gasteiger partial charge in [0, 0.05) is 6.08 Å². The van der Waals surface area contributed by atoms with E-state index in [2.05, 4.69) is 6.92 Å². The largest absolute Gasteiger partial charge is 0.489 e. The molecule has 0 saturated carbocycles. The zero-order valence-electron chi connectivity index (χ0n) is 8.64. The van der Waals surface area contributed by atoms with E-state index in [1.165, 1.54) is 6.08 Å². The average molecular weight is 206 g/mol. The van der Waals surface area contributed by atoms with Gasteiger partial charge in [0.1, 0.15) is 12.4 Å². The van der Waals surface area contributed by atoms with Gasteiger partial charge in [-0.15, -0.1) is 0 Å². The van der Waals surface area contributed by atoms with Gasteiger partial charge in [-0.1, -0.05) is 25.1 Å². The molecule has 1 N–H and O–H groups in total. The minimum absolute atomic E-state index is 0.281. The number of aliphatic carboxylic acids is 1. The molecule has 1 aromatic carbocycles. The van der Waals surface area contributed by atoms with Crippen LogP contribution in [0.25, 0.3) is 0 Å². The maximum absolute atomic E-state index is 10.2. The average Bonchev–Trinajstić information content (AvgIpc) is 2.24. The van der Waals surface area contributed by atoms with Crippen molar-refractivity contribution < 1.29 is 14.6 Å². The summed E-state index contributed by atoms with van der Waals surface area (Å²) in [7, 11) is 0. The van der Waals surface area contributed by atoms with Gasteiger partial charge in [0.25, 0.3) is 0 Å². The number of carbonyl (C=O) groups is 1. The lowest BCUT2D eigenvalue weighted by molar-refractivity contribution is -0.131. The second-order valence-corrected chi connectivity index (χ2v) is 3.01. The second-order valence-electron chi connectivity index (χ2n) is 3.01. The van der Waals surface area contributed by atoms with Crippen molar-refractivity contribution in [2.75, 3.05) is 6.61 Å². The molecule has 1 aromatic rings. The van der Waals surface area contributed by atoms with Crippen molar-refractivity contribution >= 4 is 5.97 Å². The topological polar surface area (TPSA) is 46.5 Å². The van der Waals surface area contributed by atoms with Crippen molar-refractivity contribution in [3.8, 4) is 5.75 Å². The van der Waals surface area contributed by atoms with E-state index in [-0.39, 0.29) is 6.61 Å². The van der Waals surface area contributed by atoms with E-state index in [0.29, 0.717) is 0 Å². The summed E-state index contributed by atoms with van der Waals surface area (Å²) in [4.78, 5) is 10.2. The molecule has 0 radical (unpaired) electrons. The van der Waals surface area contributed by atoms with Crippen LogP contribution >= 0.6 is 0 Å². The van der Waals surface area contributed by atoms with E-state index >= 15 is 0 Å². The third-order valence-electron chi connectivity index (χ3n) is 1.95. The fraction of sp³-hybridized carbons (Fsp3) is 0.250. The number of para-hydroxylation sites is 1. The molecule has 0 aliphatic heterocycles. The molecule has 0 heterocycles. The van der Waals surface area contributed by atoms with Crippen LogP contribution in [0.1, 0.15) is 12.5 Å². The van der Waals surface area contributed by atoms with E-state index in [0.717, 1.165) is 23.8 Å². The summed E-state index contributed by atoms with van der Waals surface area (Å²) in [5.74, 6) is -0.141. The molecule has 0 aliphatic carbocycles. The number of rotatable bonds is 5. The van der Waals surface area contributed by atoms with E-state index in [9.17, 15) is 4.79 Å². The van der Waals surface area contributed by atoms with Gasteiger partial charge >= 0.3 is 5.97 Å². The predicted octanol–water partition coefficient (Wildman–Crippen LogP) is 2.27. The smallest absolute Gasteiger partial charge is 0.328 e. The van der Waals surface area contributed by atoms with E-state index < -0.39 is 5.97 Å². The number of ether oxygens (including phenoxy) is 1. The molecule has 15 heavy (non-hydrogen) atoms. The van der Waals surface area contributed by atoms with Crippen molar-refractivity contribution in [1.82, 2.24) is 0 Å². The predicted molar refractivity (Wildman–Crippen MR) is 58.1 cm³/mol. The molecule has 0 fully saturated rings. The summed E-state index contributed by atoms with van der Waals surface area (Å²) in [5, 5.41) is 8.37. The Labute approximate surface area is 89.0 Å². The van der Waals surface area contributed by atoms with Crippen molar-refractivity contribution in [1.29, 1.82) is 0 Å². The molecule has 0 aromatic heterocycles. The summed E-state index contributed by atoms with van der Waals surface area (Å²) >= 11 is 0. The first kappa shape index (κ1) is 11.3. The Bertz CT molecular complexity index is 356. The first-order valence-corrected chi connectivity index (χ1v) is 4.84. The van der Waals surface area contributed by atoms with Gasteiger partial charge < -0.3 is 9.84 Å². The fourth-order valence-corrected chi connectivity index (χ4v) is 1.22. The summed E-state index contributed by atoms with van der Waals surface area (Å²) < 4.78 is 5.43. The van der Waals surface area contributed by atoms with Gasteiger partial charge in [0.15, 0.2) is 0 Å². The standard InChI is InChI=1S/C12H14O3/c1-2-10-6-3-4-7-11(10)15-9-5-8-12(13)14/h3-8H,2,9H2,1H3,(H,13,14)/b8-5+. The zero-order chi connectivity index (χ0) is 11.1. The van der Waals surface area contributed by atoms with Crippen LogP contribution < -0.4 is 4.74 Å². The van der Waals surface area contributed by atoms with Crippen LogP contribution in [-0.2, 0) is 11.2 Å². The molecule has 0 saturated heterocycles. The Balaban J connectivity index is 2.53. The fourth-order valence-electron chi connectivity index (χ4n) is 1.22. The lowest BCUT2D eigenvalue weighted by Crippen LogP contribution is -1.98. The summed E-state index contributed by atoms with van der Waals surface area (Å²) in [6.45, 7) is 2.33. The quantitative estimate of drug-likeness (QED) is 0.752. The van der Waals surface area contributed by atoms with Gasteiger partial charge in [0.05, 0.1) is 0 Å². The molecule has 80 valence electrons. The Kier molecular flexibility index (Phi) is 4.41. The van der Waals surface area contributed by atoms with Crippen molar-refractivity contribution in [2.45, 2.75) is 13.3 Å². The first-order valence-electron chi connectivity index (χ1n) is 4.84. The number of carboxylic acids is 1. The van der Waals surface area contributed by atoms with E-state index in [1.807, 2.05) is 24.3 Å². The zero-order valence-corrected chi connectivity index (χ0v) is 8.64. The van der Waals surface area contributed by atoms with Crippen molar-refractivity contribution in [2.24, 2.45) is 0 Å². The highest BCUT2D eigenvalue weighted by Crippen LogP contribution is 2.17. The molecular formula is C12H14O3.